The molecule has 2 aliphatic heterocycles. The summed E-state index contributed by atoms with van der Waals surface area (Å²) >= 11 is 0. The predicted molar refractivity (Wildman–Crippen MR) is 178 cm³/mol. The molecule has 0 radical (unpaired) electrons. The van der Waals surface area contributed by atoms with Gasteiger partial charge in [-0.2, -0.15) is 0 Å². The van der Waals surface area contributed by atoms with Crippen molar-refractivity contribution < 1.29 is 0 Å². The Balaban J connectivity index is 1.16. The van der Waals surface area contributed by atoms with Crippen LogP contribution in [0.15, 0.2) is 152 Å². The number of hydrogen-bond acceptors (Lipinski definition) is 2. The zero-order valence-electron chi connectivity index (χ0n) is 23.9. The lowest BCUT2D eigenvalue weighted by Crippen LogP contribution is -2.36. The van der Waals surface area contributed by atoms with Crippen molar-refractivity contribution in [2.75, 3.05) is 9.80 Å². The fraction of sp³-hybridized carbons (Fsp3) is 0.200. The number of rotatable bonds is 5. The third-order valence-corrected chi connectivity index (χ3v) is 9.92. The van der Waals surface area contributed by atoms with Gasteiger partial charge in [-0.15, -0.1) is 0 Å². The van der Waals surface area contributed by atoms with Crippen molar-refractivity contribution in [3.63, 3.8) is 0 Å². The van der Waals surface area contributed by atoms with Crippen LogP contribution in [0.2, 0.25) is 0 Å². The van der Waals surface area contributed by atoms with E-state index in [9.17, 15) is 0 Å². The lowest BCUT2D eigenvalue weighted by atomic mass is 9.80. The van der Waals surface area contributed by atoms with Gasteiger partial charge in [-0.1, -0.05) is 116 Å². The van der Waals surface area contributed by atoms with E-state index in [1.807, 2.05) is 12.2 Å². The smallest absolute Gasteiger partial charge is 0.0629 e. The summed E-state index contributed by atoms with van der Waals surface area (Å²) in [4.78, 5) is 5.16. The minimum atomic E-state index is 0.307. The predicted octanol–water partition coefficient (Wildman–Crippen LogP) is 9.09. The molecule has 206 valence electrons. The van der Waals surface area contributed by atoms with Gasteiger partial charge in [0.2, 0.25) is 0 Å². The quantitative estimate of drug-likeness (QED) is 0.370. The number of fused-ring (bicyclic) bond motifs is 6. The molecule has 1 saturated heterocycles. The van der Waals surface area contributed by atoms with Gasteiger partial charge in [0.05, 0.1) is 18.1 Å². The van der Waals surface area contributed by atoms with Gasteiger partial charge in [-0.3, -0.25) is 0 Å². The molecule has 6 aliphatic rings. The fourth-order valence-electron chi connectivity index (χ4n) is 7.96. The highest BCUT2D eigenvalue weighted by molar-refractivity contribution is 5.81. The highest BCUT2D eigenvalue weighted by atomic mass is 15.2. The molecule has 2 heteroatoms. The molecule has 2 aromatic carbocycles. The summed E-state index contributed by atoms with van der Waals surface area (Å²) in [5, 5.41) is 0. The molecule has 4 aliphatic carbocycles. The molecule has 0 saturated carbocycles. The van der Waals surface area contributed by atoms with E-state index >= 15 is 0 Å². The molecule has 6 unspecified atom stereocenters. The number of anilines is 2. The molecule has 1 fully saturated rings. The van der Waals surface area contributed by atoms with Gasteiger partial charge in [-0.05, 0) is 71.0 Å². The molecule has 0 N–H and O–H groups in total. The molecule has 0 aromatic heterocycles. The molecular formula is C40H36N2. The summed E-state index contributed by atoms with van der Waals surface area (Å²) in [7, 11) is 0. The summed E-state index contributed by atoms with van der Waals surface area (Å²) in [6.45, 7) is 8.05. The maximum atomic E-state index is 4.05. The minimum absolute atomic E-state index is 0.307. The van der Waals surface area contributed by atoms with Crippen LogP contribution in [-0.2, 0) is 0 Å². The zero-order chi connectivity index (χ0) is 28.2. The van der Waals surface area contributed by atoms with E-state index in [0.717, 1.165) is 18.4 Å². The average molecular weight is 545 g/mol. The topological polar surface area (TPSA) is 6.48 Å². The Bertz CT molecular complexity index is 1720. The van der Waals surface area contributed by atoms with Crippen LogP contribution in [0, 0.1) is 11.8 Å². The Morgan fingerprint density at radius 2 is 1.62 bits per heavy atom. The molecule has 0 amide bonds. The summed E-state index contributed by atoms with van der Waals surface area (Å²) in [6, 6.07) is 16.9. The second kappa shape index (κ2) is 10.1. The summed E-state index contributed by atoms with van der Waals surface area (Å²) < 4.78 is 0. The normalized spacial score (nSPS) is 29.8. The van der Waals surface area contributed by atoms with Crippen LogP contribution >= 0.6 is 0 Å². The monoisotopic (exact) mass is 544 g/mol. The maximum Gasteiger partial charge on any atom is 0.0629 e. The molecule has 42 heavy (non-hydrogen) atoms. The Morgan fingerprint density at radius 1 is 0.786 bits per heavy atom. The van der Waals surface area contributed by atoms with Crippen molar-refractivity contribution in [3.05, 3.63) is 169 Å². The summed E-state index contributed by atoms with van der Waals surface area (Å²) in [5.74, 6) is 1.20. The minimum Gasteiger partial charge on any atom is -0.357 e. The van der Waals surface area contributed by atoms with Gasteiger partial charge < -0.3 is 9.80 Å². The van der Waals surface area contributed by atoms with Crippen molar-refractivity contribution >= 4 is 23.0 Å². The van der Waals surface area contributed by atoms with Gasteiger partial charge in [0.15, 0.2) is 0 Å². The molecule has 2 aromatic rings. The Kier molecular flexibility index (Phi) is 6.03. The lowest BCUT2D eigenvalue weighted by Gasteiger charge is -2.32. The van der Waals surface area contributed by atoms with Crippen LogP contribution in [0.25, 0.3) is 11.6 Å². The van der Waals surface area contributed by atoms with Crippen molar-refractivity contribution in [1.82, 2.24) is 0 Å². The summed E-state index contributed by atoms with van der Waals surface area (Å²) in [5.41, 5.74) is 10.4. The SMILES string of the molecule is C=CC1=CC(N2c3ccc(C4=CC5C6C=CC=CC6N(c6cccc(C=C)c6)C5C=C4)cc3C3C=CC=CC32)=CCC1. The molecule has 6 atom stereocenters. The molecule has 0 bridgehead atoms. The molecule has 2 heterocycles. The molecule has 2 nitrogen and oxygen atoms in total. The first kappa shape index (κ1) is 25.2. The van der Waals surface area contributed by atoms with Crippen molar-refractivity contribution in [1.29, 1.82) is 0 Å². The largest absolute Gasteiger partial charge is 0.357 e. The van der Waals surface area contributed by atoms with E-state index in [4.69, 9.17) is 0 Å². The fourth-order valence-corrected chi connectivity index (χ4v) is 7.96. The van der Waals surface area contributed by atoms with Crippen LogP contribution in [0.1, 0.15) is 35.4 Å². The van der Waals surface area contributed by atoms with Gasteiger partial charge in [0.25, 0.3) is 0 Å². The number of hydrogen-bond donors (Lipinski definition) is 0. The van der Waals surface area contributed by atoms with E-state index < -0.39 is 0 Å². The summed E-state index contributed by atoms with van der Waals surface area (Å²) in [6.07, 6.45) is 36.6. The highest BCUT2D eigenvalue weighted by Crippen LogP contribution is 2.49. The van der Waals surface area contributed by atoms with Crippen LogP contribution in [-0.4, -0.2) is 18.1 Å². The second-order valence-corrected chi connectivity index (χ2v) is 12.1. The van der Waals surface area contributed by atoms with Crippen LogP contribution in [0.4, 0.5) is 11.4 Å². The van der Waals surface area contributed by atoms with Gasteiger partial charge in [0, 0.05) is 34.8 Å². The Morgan fingerprint density at radius 3 is 2.50 bits per heavy atom. The van der Waals surface area contributed by atoms with Crippen molar-refractivity contribution in [3.8, 4) is 0 Å². The molecule has 8 rings (SSSR count). The number of benzene rings is 2. The van der Waals surface area contributed by atoms with Crippen molar-refractivity contribution in [2.45, 2.75) is 36.9 Å². The van der Waals surface area contributed by atoms with Crippen molar-refractivity contribution in [2.24, 2.45) is 11.8 Å². The second-order valence-electron chi connectivity index (χ2n) is 12.1. The van der Waals surface area contributed by atoms with Gasteiger partial charge in [0.1, 0.15) is 0 Å². The Labute approximate surface area is 249 Å². The van der Waals surface area contributed by atoms with E-state index in [-0.39, 0.29) is 0 Å². The molecule has 0 spiro atoms. The third-order valence-electron chi connectivity index (χ3n) is 9.92. The first-order valence-corrected chi connectivity index (χ1v) is 15.3. The third kappa shape index (κ3) is 3.93. The number of nitrogens with zero attached hydrogens (tertiary/aromatic N) is 2. The highest BCUT2D eigenvalue weighted by Gasteiger charge is 2.46. The zero-order valence-corrected chi connectivity index (χ0v) is 23.9. The number of allylic oxidation sites excluding steroid dienone is 10. The Hall–Kier alpha value is -4.56. The first-order chi connectivity index (χ1) is 20.7. The van der Waals surface area contributed by atoms with Crippen LogP contribution in [0.3, 0.4) is 0 Å². The van der Waals surface area contributed by atoms with Gasteiger partial charge in [-0.25, -0.2) is 0 Å². The van der Waals surface area contributed by atoms with Crippen LogP contribution < -0.4 is 9.80 Å². The van der Waals surface area contributed by atoms with E-state index in [1.54, 1.807) is 0 Å². The lowest BCUT2D eigenvalue weighted by molar-refractivity contribution is 0.528. The van der Waals surface area contributed by atoms with E-state index in [1.165, 1.54) is 39.3 Å². The maximum absolute atomic E-state index is 4.05. The van der Waals surface area contributed by atoms with Crippen LogP contribution in [0.5, 0.6) is 0 Å². The average Bonchev–Trinajstić information content (AvgIpc) is 3.57. The van der Waals surface area contributed by atoms with Gasteiger partial charge >= 0.3 is 0 Å². The first-order valence-electron chi connectivity index (χ1n) is 15.3. The standard InChI is InChI=1S/C40H36N2/c1-3-27-11-9-13-31(23-27)41-37-17-7-5-15-33(37)35-25-29(19-21-39(35)41)30-20-22-40-36(26-30)34-16-6-8-18-38(34)42(40)32-14-10-12-28(4-2)24-32/h3-9,11,13-26,33-35,37-39H,1-2,10,12H2. The molecular weight excluding hydrogens is 508 g/mol. The van der Waals surface area contributed by atoms with E-state index in [0.29, 0.717) is 35.9 Å². The van der Waals surface area contributed by atoms with E-state index in [2.05, 4.69) is 144 Å².